The molecule has 1 saturated heterocycles. The van der Waals surface area contributed by atoms with Gasteiger partial charge in [0.25, 0.3) is 5.91 Å². The number of ether oxygens (including phenoxy) is 1. The van der Waals surface area contributed by atoms with E-state index in [1.165, 1.54) is 38.1 Å². The average molecular weight is 766 g/mol. The minimum Gasteiger partial charge on any atom is -0.495 e. The van der Waals surface area contributed by atoms with Gasteiger partial charge in [0.15, 0.2) is 0 Å². The highest BCUT2D eigenvalue weighted by Crippen LogP contribution is 2.53. The van der Waals surface area contributed by atoms with Crippen LogP contribution in [0.15, 0.2) is 72.8 Å². The second-order valence-electron chi connectivity index (χ2n) is 12.9. The van der Waals surface area contributed by atoms with Crippen LogP contribution in [-0.2, 0) is 20.9 Å². The monoisotopic (exact) mass is 765 g/mol. The lowest BCUT2D eigenvalue weighted by molar-refractivity contribution is -0.315. The fourth-order valence-corrected chi connectivity index (χ4v) is 6.09. The molecule has 3 aromatic rings. The number of carbonyl (C=O) groups excluding carboxylic acids is 4. The third-order valence-electron chi connectivity index (χ3n) is 8.64. The van der Waals surface area contributed by atoms with E-state index in [4.69, 9.17) is 4.74 Å². The fourth-order valence-electron chi connectivity index (χ4n) is 6.09. The molecule has 0 aromatic heterocycles. The predicted molar refractivity (Wildman–Crippen MR) is 182 cm³/mol. The number of para-hydroxylation sites is 1. The standard InChI is InChI=1S/C36H37F6N5O7/c1-20(2)16-27(30(50)43-26(18-29(48)49)23-11-6-5-7-12-23)47-31(51)34(35(37,38)39,36(40,41)42)46(33(47)53)19-22-14-15-25(28(17-22)54-4)45-32(52)44-24-13-9-8-10-21(24)3/h5-15,17,20,26-27H,16,18-19H2,1-4H3,(H,43,50)(H,48,49)(H2,44,45,52)/t26?,27-/m0/s1. The number of hydrogen-bond donors (Lipinski definition) is 4. The topological polar surface area (TPSA) is 157 Å². The first-order valence-corrected chi connectivity index (χ1v) is 16.4. The van der Waals surface area contributed by atoms with Gasteiger partial charge in [-0.15, -0.1) is 0 Å². The van der Waals surface area contributed by atoms with E-state index in [9.17, 15) is 55.4 Å². The van der Waals surface area contributed by atoms with Gasteiger partial charge in [-0.05, 0) is 54.2 Å². The van der Waals surface area contributed by atoms with Gasteiger partial charge in [0.1, 0.15) is 11.8 Å². The number of aliphatic carboxylic acids is 1. The Balaban J connectivity index is 1.75. The minimum absolute atomic E-state index is 0.0429. The molecule has 290 valence electrons. The zero-order chi connectivity index (χ0) is 40.2. The number of halogens is 6. The maximum Gasteiger partial charge on any atom is 0.430 e. The summed E-state index contributed by atoms with van der Waals surface area (Å²) in [7, 11) is 1.12. The van der Waals surface area contributed by atoms with Crippen molar-refractivity contribution in [2.45, 2.75) is 70.1 Å². The number of amides is 6. The Kier molecular flexibility index (Phi) is 12.2. The SMILES string of the molecule is COc1cc(CN2C(=O)N([C@@H](CC(C)C)C(=O)NC(CC(=O)O)c3ccccc3)C(=O)C2(C(F)(F)F)C(F)(F)F)ccc1NC(=O)Nc1ccccc1C. The Bertz CT molecular complexity index is 1870. The van der Waals surface area contributed by atoms with Crippen LogP contribution in [0.1, 0.15) is 49.4 Å². The van der Waals surface area contributed by atoms with Gasteiger partial charge in [-0.3, -0.25) is 19.3 Å². The van der Waals surface area contributed by atoms with Gasteiger partial charge in [0.05, 0.1) is 25.3 Å². The van der Waals surface area contributed by atoms with Crippen molar-refractivity contribution in [3.05, 3.63) is 89.5 Å². The summed E-state index contributed by atoms with van der Waals surface area (Å²) in [4.78, 5) is 64.7. The van der Waals surface area contributed by atoms with Crippen LogP contribution in [0.5, 0.6) is 5.75 Å². The summed E-state index contributed by atoms with van der Waals surface area (Å²) in [5.74, 6) is -6.37. The predicted octanol–water partition coefficient (Wildman–Crippen LogP) is 7.02. The number of urea groups is 2. The summed E-state index contributed by atoms with van der Waals surface area (Å²) < 4.78 is 94.7. The van der Waals surface area contributed by atoms with E-state index < -0.39 is 90.0 Å². The van der Waals surface area contributed by atoms with Gasteiger partial charge in [-0.2, -0.15) is 26.3 Å². The molecule has 0 bridgehead atoms. The molecule has 18 heteroatoms. The molecular formula is C36H37F6N5O7. The number of methoxy groups -OCH3 is 1. The molecule has 1 aliphatic rings. The molecule has 6 amide bonds. The van der Waals surface area contributed by atoms with Gasteiger partial charge >= 0.3 is 35.9 Å². The molecular weight excluding hydrogens is 728 g/mol. The van der Waals surface area contributed by atoms with Gasteiger partial charge < -0.3 is 25.8 Å². The Morgan fingerprint density at radius 1 is 0.870 bits per heavy atom. The van der Waals surface area contributed by atoms with Crippen LogP contribution >= 0.6 is 0 Å². The molecule has 0 spiro atoms. The molecule has 0 saturated carbocycles. The maximum absolute atomic E-state index is 14.9. The van der Waals surface area contributed by atoms with Crippen molar-refractivity contribution in [1.82, 2.24) is 15.1 Å². The van der Waals surface area contributed by atoms with Crippen LogP contribution < -0.4 is 20.7 Å². The normalized spacial score (nSPS) is 15.5. The number of carbonyl (C=O) groups is 5. The first-order valence-electron chi connectivity index (χ1n) is 16.4. The van der Waals surface area contributed by atoms with Crippen LogP contribution in [0.4, 0.5) is 47.3 Å². The quantitative estimate of drug-likeness (QED) is 0.108. The molecule has 4 rings (SSSR count). The van der Waals surface area contributed by atoms with Crippen LogP contribution in [0.3, 0.4) is 0 Å². The number of alkyl halides is 6. The lowest BCUT2D eigenvalue weighted by Gasteiger charge is -2.37. The molecule has 0 radical (unpaired) electrons. The largest absolute Gasteiger partial charge is 0.495 e. The summed E-state index contributed by atoms with van der Waals surface area (Å²) in [5, 5.41) is 16.8. The average Bonchev–Trinajstić information content (AvgIpc) is 3.30. The highest BCUT2D eigenvalue weighted by atomic mass is 19.4. The molecule has 0 aliphatic carbocycles. The van der Waals surface area contributed by atoms with Crippen molar-refractivity contribution < 1.29 is 60.2 Å². The Morgan fingerprint density at radius 3 is 2.02 bits per heavy atom. The second kappa shape index (κ2) is 16.1. The zero-order valence-electron chi connectivity index (χ0n) is 29.3. The number of rotatable bonds is 13. The fraction of sp³-hybridized carbons (Fsp3) is 0.361. The van der Waals surface area contributed by atoms with Crippen molar-refractivity contribution >= 4 is 41.2 Å². The molecule has 1 unspecified atom stereocenters. The van der Waals surface area contributed by atoms with Crippen molar-refractivity contribution in [2.75, 3.05) is 17.7 Å². The summed E-state index contributed by atoms with van der Waals surface area (Å²) in [6, 6.07) is 11.0. The molecule has 1 heterocycles. The number of anilines is 2. The van der Waals surface area contributed by atoms with Gasteiger partial charge in [-0.25, -0.2) is 14.5 Å². The third kappa shape index (κ3) is 8.36. The summed E-state index contributed by atoms with van der Waals surface area (Å²) in [5.41, 5.74) is -4.44. The summed E-state index contributed by atoms with van der Waals surface area (Å²) in [6.45, 7) is 3.20. The van der Waals surface area contributed by atoms with E-state index in [0.29, 0.717) is 5.69 Å². The van der Waals surface area contributed by atoms with Crippen LogP contribution in [0, 0.1) is 12.8 Å². The molecule has 12 nitrogen and oxygen atoms in total. The first-order chi connectivity index (χ1) is 25.2. The molecule has 3 aromatic carbocycles. The van der Waals surface area contributed by atoms with Crippen LogP contribution in [-0.4, -0.2) is 75.8 Å². The highest BCUT2D eigenvalue weighted by Gasteiger charge is 2.84. The van der Waals surface area contributed by atoms with Crippen molar-refractivity contribution in [1.29, 1.82) is 0 Å². The smallest absolute Gasteiger partial charge is 0.430 e. The van der Waals surface area contributed by atoms with E-state index in [0.717, 1.165) is 30.9 Å². The molecule has 54 heavy (non-hydrogen) atoms. The Labute approximate surface area is 305 Å². The van der Waals surface area contributed by atoms with Crippen LogP contribution in [0.25, 0.3) is 0 Å². The van der Waals surface area contributed by atoms with E-state index in [1.54, 1.807) is 37.3 Å². The van der Waals surface area contributed by atoms with E-state index in [1.807, 2.05) is 0 Å². The zero-order valence-corrected chi connectivity index (χ0v) is 29.3. The molecule has 1 fully saturated rings. The molecule has 2 atom stereocenters. The Morgan fingerprint density at radius 2 is 1.46 bits per heavy atom. The third-order valence-corrected chi connectivity index (χ3v) is 8.64. The van der Waals surface area contributed by atoms with Crippen molar-refractivity contribution in [3.63, 3.8) is 0 Å². The van der Waals surface area contributed by atoms with Gasteiger partial charge in [0.2, 0.25) is 5.91 Å². The van der Waals surface area contributed by atoms with E-state index in [2.05, 4.69) is 16.0 Å². The van der Waals surface area contributed by atoms with E-state index in [-0.39, 0.29) is 27.5 Å². The van der Waals surface area contributed by atoms with Crippen LogP contribution in [0.2, 0.25) is 0 Å². The number of nitrogens with zero attached hydrogens (tertiary/aromatic N) is 2. The number of hydrogen-bond acceptors (Lipinski definition) is 6. The van der Waals surface area contributed by atoms with E-state index >= 15 is 0 Å². The molecule has 4 N–H and O–H groups in total. The summed E-state index contributed by atoms with van der Waals surface area (Å²) >= 11 is 0. The lowest BCUT2D eigenvalue weighted by atomic mass is 9.93. The first kappa shape index (κ1) is 41.0. The lowest BCUT2D eigenvalue weighted by Crippen LogP contribution is -2.69. The highest BCUT2D eigenvalue weighted by molar-refractivity contribution is 6.11. The van der Waals surface area contributed by atoms with Crippen molar-refractivity contribution in [3.8, 4) is 5.75 Å². The summed E-state index contributed by atoms with van der Waals surface area (Å²) in [6.07, 6.45) is -14.2. The number of imide groups is 1. The number of nitrogens with one attached hydrogen (secondary N) is 3. The second-order valence-corrected chi connectivity index (χ2v) is 12.9. The minimum atomic E-state index is -6.44. The number of carboxylic acids is 1. The maximum atomic E-state index is 14.9. The number of carboxylic acid groups (broad SMARTS) is 1. The van der Waals surface area contributed by atoms with Crippen molar-refractivity contribution in [2.24, 2.45) is 5.92 Å². The number of benzene rings is 3. The number of aryl methyl sites for hydroxylation is 1. The Hall–Kier alpha value is -5.81. The van der Waals surface area contributed by atoms with Gasteiger partial charge in [0, 0.05) is 12.2 Å². The molecule has 1 aliphatic heterocycles. The van der Waals surface area contributed by atoms with Gasteiger partial charge in [-0.1, -0.05) is 68.4 Å².